The summed E-state index contributed by atoms with van der Waals surface area (Å²) in [5.41, 5.74) is 2.01. The standard InChI is InChI=1S/C31H37ClN2O11/c1-3-19(34-43-13-17-5-4-6-18(32)10-17)28-21(36)12-23(45-28)44-22-8-7-16(11-20(22)35)9-15(2)31(40)33-24-25(37)27(39)30-29(26(24)38)41-14-42-30/h4-11,21,23-30,35-39H,3,12-14H2,1-2H3,(H,33,40)/b15-9+,34-19-/t21-,23+,24+,25-,26+,27+,28+,29-,30+/m0/s1. The van der Waals surface area contributed by atoms with Gasteiger partial charge in [0.05, 0.1) is 17.9 Å². The number of nitrogens with zero attached hydrogens (tertiary/aromatic N) is 1. The van der Waals surface area contributed by atoms with E-state index >= 15 is 0 Å². The van der Waals surface area contributed by atoms with Gasteiger partial charge in [-0.1, -0.05) is 41.9 Å². The summed E-state index contributed by atoms with van der Waals surface area (Å²) in [5.74, 6) is -0.722. The monoisotopic (exact) mass is 648 g/mol. The van der Waals surface area contributed by atoms with Gasteiger partial charge >= 0.3 is 0 Å². The van der Waals surface area contributed by atoms with Crippen LogP contribution in [0.25, 0.3) is 6.08 Å². The van der Waals surface area contributed by atoms with Gasteiger partial charge in [-0.05, 0) is 54.8 Å². The van der Waals surface area contributed by atoms with E-state index in [0.717, 1.165) is 5.56 Å². The van der Waals surface area contributed by atoms with Crippen molar-refractivity contribution in [1.82, 2.24) is 5.32 Å². The fourth-order valence-electron chi connectivity index (χ4n) is 5.54. The van der Waals surface area contributed by atoms with Crippen molar-refractivity contribution in [3.05, 3.63) is 64.2 Å². The quantitative estimate of drug-likeness (QED) is 0.125. The summed E-state index contributed by atoms with van der Waals surface area (Å²) < 4.78 is 22.3. The van der Waals surface area contributed by atoms with Gasteiger partial charge in [-0.2, -0.15) is 0 Å². The predicted molar refractivity (Wildman–Crippen MR) is 160 cm³/mol. The van der Waals surface area contributed by atoms with Gasteiger partial charge in [0.15, 0.2) is 11.5 Å². The molecule has 1 amide bonds. The van der Waals surface area contributed by atoms with Crippen LogP contribution in [0.2, 0.25) is 5.02 Å². The Morgan fingerprint density at radius 3 is 2.56 bits per heavy atom. The number of fused-ring (bicyclic) bond motifs is 1. The Kier molecular flexibility index (Phi) is 10.6. The molecule has 5 rings (SSSR count). The van der Waals surface area contributed by atoms with Crippen molar-refractivity contribution in [2.75, 3.05) is 6.79 Å². The molecule has 13 nitrogen and oxygen atoms in total. The minimum atomic E-state index is -1.47. The molecule has 0 unspecified atom stereocenters. The van der Waals surface area contributed by atoms with Crippen LogP contribution in [0.5, 0.6) is 11.5 Å². The Labute approximate surface area is 264 Å². The average Bonchev–Trinajstić information content (AvgIpc) is 3.65. The molecule has 9 atom stereocenters. The van der Waals surface area contributed by atoms with Crippen LogP contribution in [0.15, 0.2) is 53.2 Å². The zero-order valence-corrected chi connectivity index (χ0v) is 25.4. The minimum Gasteiger partial charge on any atom is -0.504 e. The van der Waals surface area contributed by atoms with Gasteiger partial charge in [-0.3, -0.25) is 4.79 Å². The molecule has 0 spiro atoms. The second-order valence-corrected chi connectivity index (χ2v) is 11.6. The molecule has 6 N–H and O–H groups in total. The number of rotatable bonds is 10. The molecule has 1 aliphatic carbocycles. The van der Waals surface area contributed by atoms with Crippen LogP contribution in [0.3, 0.4) is 0 Å². The van der Waals surface area contributed by atoms with Gasteiger partial charge in [0.2, 0.25) is 12.2 Å². The van der Waals surface area contributed by atoms with E-state index in [1.54, 1.807) is 18.2 Å². The first-order valence-electron chi connectivity index (χ1n) is 14.6. The van der Waals surface area contributed by atoms with Crippen LogP contribution in [0.4, 0.5) is 0 Å². The van der Waals surface area contributed by atoms with Crippen LogP contribution >= 0.6 is 11.6 Å². The Bertz CT molecular complexity index is 1420. The number of oxime groups is 1. The number of carbonyl (C=O) groups excluding carboxylic acids is 1. The van der Waals surface area contributed by atoms with Gasteiger partial charge in [-0.15, -0.1) is 0 Å². The van der Waals surface area contributed by atoms with Crippen molar-refractivity contribution < 1.29 is 54.1 Å². The topological polar surface area (TPSA) is 189 Å². The molecule has 3 fully saturated rings. The van der Waals surface area contributed by atoms with Crippen LogP contribution in [-0.2, 0) is 30.4 Å². The number of ether oxygens (including phenoxy) is 4. The number of aliphatic hydroxyl groups excluding tert-OH is 4. The van der Waals surface area contributed by atoms with Crippen molar-refractivity contribution in [3.8, 4) is 11.5 Å². The van der Waals surface area contributed by atoms with Gasteiger partial charge < -0.3 is 54.6 Å². The predicted octanol–water partition coefficient (Wildman–Crippen LogP) is 1.61. The maximum Gasteiger partial charge on any atom is 0.247 e. The highest BCUT2D eigenvalue weighted by Gasteiger charge is 2.53. The maximum atomic E-state index is 12.9. The molecule has 0 aromatic heterocycles. The molecule has 2 aromatic rings. The highest BCUT2D eigenvalue weighted by atomic mass is 35.5. The maximum absolute atomic E-state index is 12.9. The molecule has 0 bridgehead atoms. The highest BCUT2D eigenvalue weighted by Crippen LogP contribution is 2.33. The first kappa shape index (κ1) is 33.1. The minimum absolute atomic E-state index is 0.107. The first-order chi connectivity index (χ1) is 21.5. The molecule has 1 saturated carbocycles. The lowest BCUT2D eigenvalue weighted by atomic mass is 9.83. The van der Waals surface area contributed by atoms with Crippen molar-refractivity contribution >= 4 is 29.3 Å². The number of nitrogens with one attached hydrogen (secondary N) is 1. The van der Waals surface area contributed by atoms with Crippen molar-refractivity contribution in [2.45, 2.75) is 88.4 Å². The summed E-state index contributed by atoms with van der Waals surface area (Å²) in [6.07, 6.45) is -6.36. The molecule has 2 aromatic carbocycles. The summed E-state index contributed by atoms with van der Waals surface area (Å²) in [6.45, 7) is 3.44. The van der Waals surface area contributed by atoms with Crippen LogP contribution in [0, 0.1) is 0 Å². The number of amides is 1. The molecule has 244 valence electrons. The number of hydrogen-bond acceptors (Lipinski definition) is 12. The number of phenolic OH excluding ortho intramolecular Hbond substituents is 1. The molecular formula is C31H37ClN2O11. The number of aromatic hydroxyl groups is 1. The fraction of sp³-hybridized carbons (Fsp3) is 0.484. The fourth-order valence-corrected chi connectivity index (χ4v) is 5.76. The average molecular weight is 649 g/mol. The molecule has 2 aliphatic heterocycles. The SMILES string of the molecule is CC/C(=N/OCc1cccc(Cl)c1)[C@H]1O[C@@H](Oc2ccc(/C=C(\C)C(=O)N[C@@H]3[C@H](O)[C@@H](O)[C@H]4OCO[C@H]4[C@@H]3O)cc2O)C[C@@H]1O. The zero-order valence-electron chi connectivity index (χ0n) is 24.7. The summed E-state index contributed by atoms with van der Waals surface area (Å²) >= 11 is 6.01. The number of hydrogen-bond donors (Lipinski definition) is 6. The molecule has 14 heteroatoms. The van der Waals surface area contributed by atoms with E-state index in [1.165, 1.54) is 25.1 Å². The van der Waals surface area contributed by atoms with E-state index in [0.29, 0.717) is 22.7 Å². The molecular weight excluding hydrogens is 612 g/mol. The third-order valence-electron chi connectivity index (χ3n) is 7.96. The van der Waals surface area contributed by atoms with E-state index in [4.69, 9.17) is 35.4 Å². The molecule has 2 saturated heterocycles. The Morgan fingerprint density at radius 2 is 1.84 bits per heavy atom. The van der Waals surface area contributed by atoms with Gasteiger partial charge in [0, 0.05) is 17.0 Å². The van der Waals surface area contributed by atoms with E-state index in [9.17, 15) is 30.3 Å². The van der Waals surface area contributed by atoms with Crippen molar-refractivity contribution in [2.24, 2.45) is 5.16 Å². The molecule has 3 aliphatic rings. The number of carbonyl (C=O) groups is 1. The van der Waals surface area contributed by atoms with Crippen LogP contribution < -0.4 is 10.1 Å². The lowest BCUT2D eigenvalue weighted by molar-refractivity contribution is -0.155. The summed E-state index contributed by atoms with van der Waals surface area (Å²) in [4.78, 5) is 18.3. The largest absolute Gasteiger partial charge is 0.504 e. The van der Waals surface area contributed by atoms with E-state index in [2.05, 4.69) is 10.5 Å². The lowest BCUT2D eigenvalue weighted by Crippen LogP contribution is -2.67. The smallest absolute Gasteiger partial charge is 0.247 e. The third-order valence-corrected chi connectivity index (χ3v) is 8.19. The molecule has 45 heavy (non-hydrogen) atoms. The van der Waals surface area contributed by atoms with Crippen LogP contribution in [0.1, 0.15) is 37.8 Å². The van der Waals surface area contributed by atoms with E-state index in [1.807, 2.05) is 19.1 Å². The Morgan fingerprint density at radius 1 is 1.09 bits per heavy atom. The van der Waals surface area contributed by atoms with Gasteiger partial charge in [0.25, 0.3) is 0 Å². The Hall–Kier alpha value is -3.27. The van der Waals surface area contributed by atoms with E-state index in [-0.39, 0.29) is 36.9 Å². The van der Waals surface area contributed by atoms with E-state index < -0.39 is 61.0 Å². The van der Waals surface area contributed by atoms with Crippen molar-refractivity contribution in [3.63, 3.8) is 0 Å². The highest BCUT2D eigenvalue weighted by molar-refractivity contribution is 6.30. The van der Waals surface area contributed by atoms with Gasteiger partial charge in [0.1, 0.15) is 50.0 Å². The normalized spacial score (nSPS) is 31.8. The molecule has 0 radical (unpaired) electrons. The number of halogens is 1. The Balaban J connectivity index is 1.17. The lowest BCUT2D eigenvalue weighted by Gasteiger charge is -2.41. The summed E-state index contributed by atoms with van der Waals surface area (Å²) in [5, 5.41) is 60.0. The number of phenols is 1. The van der Waals surface area contributed by atoms with Gasteiger partial charge in [-0.25, -0.2) is 0 Å². The van der Waals surface area contributed by atoms with Crippen molar-refractivity contribution in [1.29, 1.82) is 0 Å². The summed E-state index contributed by atoms with van der Waals surface area (Å²) in [6, 6.07) is 10.5. The summed E-state index contributed by atoms with van der Waals surface area (Å²) in [7, 11) is 0. The second-order valence-electron chi connectivity index (χ2n) is 11.2. The third kappa shape index (κ3) is 7.59. The van der Waals surface area contributed by atoms with Crippen LogP contribution in [-0.4, -0.2) is 99.0 Å². The number of benzene rings is 2. The molecule has 2 heterocycles. The first-order valence-corrected chi connectivity index (χ1v) is 15.0. The second kappa shape index (κ2) is 14.4. The zero-order chi connectivity index (χ0) is 32.2. The number of aliphatic hydroxyl groups is 4.